The number of hydrogen-bond donors (Lipinski definition) is 1. The summed E-state index contributed by atoms with van der Waals surface area (Å²) in [5, 5.41) is 9.80. The molecule has 0 saturated carbocycles. The zero-order valence-corrected chi connectivity index (χ0v) is 8.42. The van der Waals surface area contributed by atoms with Crippen LogP contribution in [0.1, 0.15) is 6.92 Å². The van der Waals surface area contributed by atoms with Crippen molar-refractivity contribution in [2.75, 3.05) is 0 Å². The molecule has 1 atom stereocenters. The molecule has 1 aromatic heterocycles. The van der Waals surface area contributed by atoms with Gasteiger partial charge in [0.25, 0.3) is 5.56 Å². The summed E-state index contributed by atoms with van der Waals surface area (Å²) < 4.78 is 1.42. The monoisotopic (exact) mass is 204 g/mol. The Hall–Kier alpha value is -1.68. The van der Waals surface area contributed by atoms with Crippen molar-refractivity contribution in [3.63, 3.8) is 0 Å². The summed E-state index contributed by atoms with van der Waals surface area (Å²) in [5.74, 6) is 0. The Bertz CT molecular complexity index is 531. The third kappa shape index (κ3) is 1.89. The summed E-state index contributed by atoms with van der Waals surface area (Å²) >= 11 is 0. The molecule has 0 aliphatic heterocycles. The van der Waals surface area contributed by atoms with Gasteiger partial charge in [-0.05, 0) is 19.1 Å². The Kier molecular flexibility index (Phi) is 2.51. The zero-order chi connectivity index (χ0) is 10.8. The average Bonchev–Trinajstić information content (AvgIpc) is 2.22. The van der Waals surface area contributed by atoms with Crippen molar-refractivity contribution < 1.29 is 5.11 Å². The van der Waals surface area contributed by atoms with Crippen LogP contribution in [0.25, 0.3) is 10.9 Å². The van der Waals surface area contributed by atoms with E-state index in [-0.39, 0.29) is 12.1 Å². The maximum Gasteiger partial charge on any atom is 0.261 e. The lowest BCUT2D eigenvalue weighted by Gasteiger charge is -2.07. The standard InChI is InChI=1S/C11H12N2O2/c1-8(14)6-13-7-12-10-5-3-2-4-9(10)11(13)15/h2-5,7-8,14H,6H2,1H3. The van der Waals surface area contributed by atoms with Gasteiger partial charge in [0.05, 0.1) is 29.9 Å². The Morgan fingerprint density at radius 3 is 2.93 bits per heavy atom. The van der Waals surface area contributed by atoms with Crippen molar-refractivity contribution in [3.8, 4) is 0 Å². The van der Waals surface area contributed by atoms with Gasteiger partial charge in [-0.1, -0.05) is 12.1 Å². The van der Waals surface area contributed by atoms with Crippen LogP contribution in [0, 0.1) is 0 Å². The molecule has 78 valence electrons. The molecule has 0 amide bonds. The van der Waals surface area contributed by atoms with Gasteiger partial charge in [0, 0.05) is 0 Å². The van der Waals surface area contributed by atoms with E-state index in [1.165, 1.54) is 10.9 Å². The number of aliphatic hydroxyl groups is 1. The highest BCUT2D eigenvalue weighted by molar-refractivity contribution is 5.76. The zero-order valence-electron chi connectivity index (χ0n) is 8.42. The summed E-state index contributed by atoms with van der Waals surface area (Å²) in [7, 11) is 0. The van der Waals surface area contributed by atoms with Gasteiger partial charge in [0.2, 0.25) is 0 Å². The van der Waals surface area contributed by atoms with Gasteiger partial charge in [0.1, 0.15) is 0 Å². The molecule has 0 fully saturated rings. The largest absolute Gasteiger partial charge is 0.392 e. The van der Waals surface area contributed by atoms with E-state index < -0.39 is 6.10 Å². The van der Waals surface area contributed by atoms with Crippen molar-refractivity contribution in [2.45, 2.75) is 19.6 Å². The van der Waals surface area contributed by atoms with Gasteiger partial charge in [-0.25, -0.2) is 4.98 Å². The second kappa shape index (κ2) is 3.82. The number of fused-ring (bicyclic) bond motifs is 1. The number of nitrogens with zero attached hydrogens (tertiary/aromatic N) is 2. The van der Waals surface area contributed by atoms with E-state index >= 15 is 0 Å². The van der Waals surface area contributed by atoms with Crippen LogP contribution < -0.4 is 5.56 Å². The molecule has 1 aromatic carbocycles. The highest BCUT2D eigenvalue weighted by Crippen LogP contribution is 2.04. The Labute approximate surface area is 86.8 Å². The lowest BCUT2D eigenvalue weighted by atomic mass is 10.2. The molecule has 0 radical (unpaired) electrons. The molecule has 1 unspecified atom stereocenters. The van der Waals surface area contributed by atoms with Crippen molar-refractivity contribution >= 4 is 10.9 Å². The van der Waals surface area contributed by atoms with Crippen LogP contribution in [0.3, 0.4) is 0 Å². The molecule has 2 rings (SSSR count). The van der Waals surface area contributed by atoms with E-state index in [2.05, 4.69) is 4.98 Å². The first-order valence-electron chi connectivity index (χ1n) is 4.81. The van der Waals surface area contributed by atoms with E-state index in [4.69, 9.17) is 0 Å². The fraction of sp³-hybridized carbons (Fsp3) is 0.273. The van der Waals surface area contributed by atoms with E-state index in [9.17, 15) is 9.90 Å². The van der Waals surface area contributed by atoms with Crippen molar-refractivity contribution in [3.05, 3.63) is 40.9 Å². The van der Waals surface area contributed by atoms with Gasteiger partial charge < -0.3 is 5.11 Å². The molecular formula is C11H12N2O2. The smallest absolute Gasteiger partial charge is 0.261 e. The molecule has 0 bridgehead atoms. The van der Waals surface area contributed by atoms with Crippen LogP contribution in [-0.4, -0.2) is 20.8 Å². The molecule has 1 heterocycles. The maximum atomic E-state index is 11.9. The van der Waals surface area contributed by atoms with Crippen LogP contribution in [0.15, 0.2) is 35.4 Å². The molecule has 0 aliphatic rings. The lowest BCUT2D eigenvalue weighted by molar-refractivity contribution is 0.172. The van der Waals surface area contributed by atoms with E-state index in [0.717, 1.165) is 0 Å². The number of para-hydroxylation sites is 1. The van der Waals surface area contributed by atoms with Gasteiger partial charge >= 0.3 is 0 Å². The first-order chi connectivity index (χ1) is 7.18. The second-order valence-corrected chi connectivity index (χ2v) is 3.57. The van der Waals surface area contributed by atoms with Crippen LogP contribution in [0.4, 0.5) is 0 Å². The third-order valence-electron chi connectivity index (χ3n) is 2.19. The normalized spacial score (nSPS) is 12.9. The molecule has 4 nitrogen and oxygen atoms in total. The van der Waals surface area contributed by atoms with Crippen LogP contribution >= 0.6 is 0 Å². The summed E-state index contributed by atoms with van der Waals surface area (Å²) in [4.78, 5) is 16.0. The van der Waals surface area contributed by atoms with Gasteiger partial charge in [0.15, 0.2) is 0 Å². The fourth-order valence-corrected chi connectivity index (χ4v) is 1.52. The van der Waals surface area contributed by atoms with Crippen molar-refractivity contribution in [2.24, 2.45) is 0 Å². The molecule has 15 heavy (non-hydrogen) atoms. The Balaban J connectivity index is 2.60. The molecule has 0 saturated heterocycles. The number of rotatable bonds is 2. The molecule has 4 heteroatoms. The number of aliphatic hydroxyl groups excluding tert-OH is 1. The SMILES string of the molecule is CC(O)Cn1cnc2ccccc2c1=O. The predicted octanol–water partition coefficient (Wildman–Crippen LogP) is 0.777. The minimum atomic E-state index is -0.550. The average molecular weight is 204 g/mol. The van der Waals surface area contributed by atoms with Crippen LogP contribution in [-0.2, 0) is 6.54 Å². The fourth-order valence-electron chi connectivity index (χ4n) is 1.52. The summed E-state index contributed by atoms with van der Waals surface area (Å²) in [5.41, 5.74) is 0.575. The third-order valence-corrected chi connectivity index (χ3v) is 2.19. The summed E-state index contributed by atoms with van der Waals surface area (Å²) in [6.07, 6.45) is 0.919. The lowest BCUT2D eigenvalue weighted by Crippen LogP contribution is -2.25. The maximum absolute atomic E-state index is 11.9. The molecule has 0 spiro atoms. The molecular weight excluding hydrogens is 192 g/mol. The van der Waals surface area contributed by atoms with Crippen molar-refractivity contribution in [1.82, 2.24) is 9.55 Å². The van der Waals surface area contributed by atoms with Gasteiger partial charge in [-0.15, -0.1) is 0 Å². The highest BCUT2D eigenvalue weighted by Gasteiger charge is 2.04. The second-order valence-electron chi connectivity index (χ2n) is 3.57. The predicted molar refractivity (Wildman–Crippen MR) is 57.7 cm³/mol. The number of benzene rings is 1. The molecule has 1 N–H and O–H groups in total. The first-order valence-corrected chi connectivity index (χ1v) is 4.81. The van der Waals surface area contributed by atoms with Crippen LogP contribution in [0.5, 0.6) is 0 Å². The number of hydrogen-bond acceptors (Lipinski definition) is 3. The topological polar surface area (TPSA) is 55.1 Å². The van der Waals surface area contributed by atoms with E-state index in [0.29, 0.717) is 10.9 Å². The Morgan fingerprint density at radius 2 is 2.20 bits per heavy atom. The van der Waals surface area contributed by atoms with Gasteiger partial charge in [-0.3, -0.25) is 9.36 Å². The van der Waals surface area contributed by atoms with Gasteiger partial charge in [-0.2, -0.15) is 0 Å². The first kappa shape index (κ1) is 9.86. The van der Waals surface area contributed by atoms with E-state index in [1.807, 2.05) is 6.07 Å². The number of aromatic nitrogens is 2. The van der Waals surface area contributed by atoms with Crippen LogP contribution in [0.2, 0.25) is 0 Å². The molecule has 2 aromatic rings. The Morgan fingerprint density at radius 1 is 1.47 bits per heavy atom. The van der Waals surface area contributed by atoms with Crippen molar-refractivity contribution in [1.29, 1.82) is 0 Å². The summed E-state index contributed by atoms with van der Waals surface area (Å²) in [6, 6.07) is 7.18. The summed E-state index contributed by atoms with van der Waals surface area (Å²) in [6.45, 7) is 1.91. The highest BCUT2D eigenvalue weighted by atomic mass is 16.3. The quantitative estimate of drug-likeness (QED) is 0.786. The molecule has 0 aliphatic carbocycles. The minimum Gasteiger partial charge on any atom is -0.392 e. The van der Waals surface area contributed by atoms with E-state index in [1.54, 1.807) is 25.1 Å². The minimum absolute atomic E-state index is 0.110.